The van der Waals surface area contributed by atoms with Gasteiger partial charge in [-0.1, -0.05) is 40.4 Å². The summed E-state index contributed by atoms with van der Waals surface area (Å²) >= 11 is 11.8. The van der Waals surface area contributed by atoms with E-state index in [1.807, 2.05) is 0 Å². The number of carbonyl (C=O) groups excluding carboxylic acids is 1. The summed E-state index contributed by atoms with van der Waals surface area (Å²) in [6.07, 6.45) is 0.286. The summed E-state index contributed by atoms with van der Waals surface area (Å²) in [5.41, 5.74) is 1.04. The first-order valence-corrected chi connectivity index (χ1v) is 10.9. The Morgan fingerprint density at radius 3 is 2.28 bits per heavy atom. The normalized spacial score (nSPS) is 11.6. The summed E-state index contributed by atoms with van der Waals surface area (Å²) in [6, 6.07) is 10.8. The van der Waals surface area contributed by atoms with Crippen molar-refractivity contribution in [1.82, 2.24) is 10.2 Å². The van der Waals surface area contributed by atoms with Gasteiger partial charge in [0.2, 0.25) is 5.89 Å². The fourth-order valence-corrected chi connectivity index (χ4v) is 4.06. The zero-order chi connectivity index (χ0) is 21.2. The van der Waals surface area contributed by atoms with E-state index in [-0.39, 0.29) is 28.8 Å². The molecule has 0 fully saturated rings. The van der Waals surface area contributed by atoms with Crippen molar-refractivity contribution in [1.29, 1.82) is 0 Å². The quantitative estimate of drug-likeness (QED) is 0.592. The van der Waals surface area contributed by atoms with Crippen molar-refractivity contribution >= 4 is 45.0 Å². The van der Waals surface area contributed by atoms with E-state index >= 15 is 0 Å². The summed E-state index contributed by atoms with van der Waals surface area (Å²) in [5, 5.41) is 10.3. The third-order valence-electron chi connectivity index (χ3n) is 4.04. The Hall–Kier alpha value is -2.42. The molecule has 0 atom stereocenters. The van der Waals surface area contributed by atoms with Gasteiger partial charge in [0, 0.05) is 15.6 Å². The van der Waals surface area contributed by atoms with Gasteiger partial charge in [-0.2, -0.15) is 0 Å². The summed E-state index contributed by atoms with van der Waals surface area (Å²) in [7, 11) is -3.33. The van der Waals surface area contributed by atoms with Crippen molar-refractivity contribution in [3.8, 4) is 0 Å². The fourth-order valence-electron chi connectivity index (χ4n) is 2.47. The van der Waals surface area contributed by atoms with Crippen molar-refractivity contribution in [2.24, 2.45) is 0 Å². The molecule has 0 saturated heterocycles. The lowest BCUT2D eigenvalue weighted by Crippen LogP contribution is -2.13. The molecule has 1 amide bonds. The van der Waals surface area contributed by atoms with Gasteiger partial charge in [0.25, 0.3) is 5.91 Å². The van der Waals surface area contributed by atoms with Crippen LogP contribution in [-0.4, -0.2) is 29.8 Å². The molecule has 3 rings (SSSR count). The van der Waals surface area contributed by atoms with Crippen LogP contribution in [-0.2, 0) is 16.3 Å². The third kappa shape index (κ3) is 5.14. The lowest BCUT2D eigenvalue weighted by atomic mass is 10.1. The monoisotopic (exact) mass is 453 g/mol. The molecule has 1 aromatic heterocycles. The number of hydrogen-bond acceptors (Lipinski definition) is 6. The van der Waals surface area contributed by atoms with Crippen LogP contribution < -0.4 is 5.32 Å². The average molecular weight is 454 g/mol. The Bertz CT molecular complexity index is 1120. The molecule has 0 saturated carbocycles. The minimum Gasteiger partial charge on any atom is -0.407 e. The van der Waals surface area contributed by atoms with E-state index in [2.05, 4.69) is 15.5 Å². The van der Waals surface area contributed by atoms with Gasteiger partial charge in [0.1, 0.15) is 0 Å². The van der Waals surface area contributed by atoms with Crippen molar-refractivity contribution in [3.05, 3.63) is 69.5 Å². The first kappa shape index (κ1) is 21.3. The van der Waals surface area contributed by atoms with Gasteiger partial charge >= 0.3 is 6.01 Å². The van der Waals surface area contributed by atoms with Crippen LogP contribution >= 0.6 is 23.2 Å². The predicted octanol–water partition coefficient (Wildman–Crippen LogP) is 4.40. The van der Waals surface area contributed by atoms with Crippen LogP contribution in [0.15, 0.2) is 51.8 Å². The van der Waals surface area contributed by atoms with Gasteiger partial charge in [-0.3, -0.25) is 10.1 Å². The second-order valence-electron chi connectivity index (χ2n) is 6.53. The number of hydrogen-bond donors (Lipinski definition) is 1. The number of carbonyl (C=O) groups is 1. The fraction of sp³-hybridized carbons (Fsp3) is 0.211. The van der Waals surface area contributed by atoms with E-state index in [0.717, 1.165) is 5.56 Å². The number of amides is 1. The first-order valence-electron chi connectivity index (χ1n) is 8.58. The minimum atomic E-state index is -3.33. The predicted molar refractivity (Wildman–Crippen MR) is 110 cm³/mol. The van der Waals surface area contributed by atoms with Crippen LogP contribution in [0.1, 0.15) is 35.7 Å². The van der Waals surface area contributed by atoms with Gasteiger partial charge in [-0.15, -0.1) is 5.10 Å². The van der Waals surface area contributed by atoms with E-state index in [4.69, 9.17) is 27.6 Å². The second-order valence-corrected chi connectivity index (χ2v) is 9.90. The van der Waals surface area contributed by atoms with Gasteiger partial charge < -0.3 is 4.42 Å². The molecule has 10 heteroatoms. The SMILES string of the molecule is CC(C)S(=O)(=O)c1ccc(Cc2nnc(NC(=O)c3cc(Cl)cc(Cl)c3)o2)cc1. The van der Waals surface area contributed by atoms with E-state index in [0.29, 0.717) is 10.0 Å². The first-order chi connectivity index (χ1) is 13.6. The lowest BCUT2D eigenvalue weighted by Gasteiger charge is -2.08. The number of aromatic nitrogens is 2. The molecule has 0 aliphatic carbocycles. The molecule has 3 aromatic rings. The number of nitrogens with zero attached hydrogens (tertiary/aromatic N) is 2. The van der Waals surface area contributed by atoms with E-state index in [1.165, 1.54) is 18.2 Å². The molecule has 0 unspecified atom stereocenters. The van der Waals surface area contributed by atoms with Gasteiger partial charge in [-0.25, -0.2) is 8.42 Å². The Kier molecular flexibility index (Phi) is 6.26. The molecule has 152 valence electrons. The average Bonchev–Trinajstić information content (AvgIpc) is 3.08. The summed E-state index contributed by atoms with van der Waals surface area (Å²) < 4.78 is 29.8. The molecule has 0 aliphatic heterocycles. The largest absolute Gasteiger partial charge is 0.407 e. The molecule has 0 radical (unpaired) electrons. The number of anilines is 1. The van der Waals surface area contributed by atoms with E-state index < -0.39 is 21.0 Å². The summed E-state index contributed by atoms with van der Waals surface area (Å²) in [4.78, 5) is 12.5. The molecule has 29 heavy (non-hydrogen) atoms. The van der Waals surface area contributed by atoms with Crippen LogP contribution in [0, 0.1) is 0 Å². The van der Waals surface area contributed by atoms with Gasteiger partial charge in [0.15, 0.2) is 9.84 Å². The topological polar surface area (TPSA) is 102 Å². The maximum Gasteiger partial charge on any atom is 0.322 e. The Morgan fingerprint density at radius 1 is 1.07 bits per heavy atom. The highest BCUT2D eigenvalue weighted by Gasteiger charge is 2.19. The zero-order valence-corrected chi connectivity index (χ0v) is 17.8. The lowest BCUT2D eigenvalue weighted by molar-refractivity contribution is 0.102. The summed E-state index contributed by atoms with van der Waals surface area (Å²) in [6.45, 7) is 3.27. The second kappa shape index (κ2) is 8.52. The van der Waals surface area contributed by atoms with E-state index in [1.54, 1.807) is 38.1 Å². The number of sulfone groups is 1. The number of halogens is 2. The maximum absolute atomic E-state index is 12.3. The molecule has 2 aromatic carbocycles. The Morgan fingerprint density at radius 2 is 1.69 bits per heavy atom. The molecule has 0 aliphatic rings. The van der Waals surface area contributed by atoms with Crippen LogP contribution in [0.25, 0.3) is 0 Å². The molecule has 7 nitrogen and oxygen atoms in total. The highest BCUT2D eigenvalue weighted by atomic mass is 35.5. The van der Waals surface area contributed by atoms with Crippen LogP contribution in [0.3, 0.4) is 0 Å². The van der Waals surface area contributed by atoms with Crippen molar-refractivity contribution in [2.45, 2.75) is 30.4 Å². The Labute approximate surface area is 178 Å². The number of benzene rings is 2. The van der Waals surface area contributed by atoms with Crippen LogP contribution in [0.2, 0.25) is 10.0 Å². The highest BCUT2D eigenvalue weighted by molar-refractivity contribution is 7.92. The highest BCUT2D eigenvalue weighted by Crippen LogP contribution is 2.21. The zero-order valence-electron chi connectivity index (χ0n) is 15.5. The molecular formula is C19H17Cl2N3O4S. The van der Waals surface area contributed by atoms with E-state index in [9.17, 15) is 13.2 Å². The van der Waals surface area contributed by atoms with Gasteiger partial charge in [0.05, 0.1) is 16.6 Å². The van der Waals surface area contributed by atoms with Gasteiger partial charge in [-0.05, 0) is 49.7 Å². The third-order valence-corrected chi connectivity index (χ3v) is 6.65. The molecular weight excluding hydrogens is 437 g/mol. The Balaban J connectivity index is 1.68. The molecule has 0 spiro atoms. The molecule has 0 bridgehead atoms. The summed E-state index contributed by atoms with van der Waals surface area (Å²) in [5.74, 6) is -0.225. The van der Waals surface area contributed by atoms with Crippen molar-refractivity contribution in [2.75, 3.05) is 5.32 Å². The molecule has 1 heterocycles. The minimum absolute atomic E-state index is 0.0693. The maximum atomic E-state index is 12.3. The van der Waals surface area contributed by atoms with Crippen LogP contribution in [0.4, 0.5) is 6.01 Å². The van der Waals surface area contributed by atoms with Crippen molar-refractivity contribution < 1.29 is 17.6 Å². The standard InChI is InChI=1S/C19H17Cl2N3O4S/c1-11(2)29(26,27)16-5-3-12(4-6-16)7-17-23-24-19(28-17)22-18(25)13-8-14(20)10-15(21)9-13/h3-6,8-11H,7H2,1-2H3,(H,22,24,25). The smallest absolute Gasteiger partial charge is 0.322 e. The van der Waals surface area contributed by atoms with Crippen LogP contribution in [0.5, 0.6) is 0 Å². The number of nitrogens with one attached hydrogen (secondary N) is 1. The van der Waals surface area contributed by atoms with Crippen molar-refractivity contribution in [3.63, 3.8) is 0 Å². The molecule has 1 N–H and O–H groups in total. The number of rotatable bonds is 6.